The molecule has 77 heavy (non-hydrogen) atoms. The fraction of sp³-hybridized carbons (Fsp3) is 0.0137. The van der Waals surface area contributed by atoms with E-state index in [-0.39, 0.29) is 0 Å². The van der Waals surface area contributed by atoms with Crippen molar-refractivity contribution in [1.82, 2.24) is 19.9 Å². The Labute approximate surface area is 446 Å². The molecule has 4 nitrogen and oxygen atoms in total. The van der Waals surface area contributed by atoms with Gasteiger partial charge in [0.1, 0.15) is 0 Å². The molecule has 0 fully saturated rings. The summed E-state index contributed by atoms with van der Waals surface area (Å²) in [6.45, 7) is 0. The first kappa shape index (κ1) is 44.3. The van der Waals surface area contributed by atoms with Crippen molar-refractivity contribution in [1.29, 1.82) is 0 Å². The number of aromatic nitrogens is 4. The van der Waals surface area contributed by atoms with Crippen LogP contribution in [0.4, 0.5) is 0 Å². The maximum Gasteiger partial charge on any atom is 0.0972 e. The SMILES string of the molecule is c1ccc(-c2ccc3c(c2)C(c2ccc(-c4ccc5ccc6c(-c7ccccc7)ccnc6c5n4)cc2)(c2ccc(-c4ccc5ccc6c(-c7ccccc7)ccnc6c5n4)cc2)c2cc(-c4ccccc4)ccc2-3)cc1. The smallest absolute Gasteiger partial charge is 0.0972 e. The number of rotatable bonds is 8. The van der Waals surface area contributed by atoms with Crippen LogP contribution in [0, 0.1) is 0 Å². The number of benzene rings is 10. The van der Waals surface area contributed by atoms with Gasteiger partial charge in [-0.1, -0.05) is 231 Å². The summed E-state index contributed by atoms with van der Waals surface area (Å²) in [5, 5.41) is 4.28. The third kappa shape index (κ3) is 7.29. The minimum atomic E-state index is -0.715. The molecule has 10 aromatic carbocycles. The van der Waals surface area contributed by atoms with Crippen molar-refractivity contribution in [3.8, 4) is 78.1 Å². The first-order chi connectivity index (χ1) is 38.2. The van der Waals surface area contributed by atoms with Crippen LogP contribution in [0.2, 0.25) is 0 Å². The molecule has 0 saturated heterocycles. The molecule has 0 atom stereocenters. The maximum absolute atomic E-state index is 5.39. The molecule has 0 spiro atoms. The van der Waals surface area contributed by atoms with Crippen LogP contribution >= 0.6 is 0 Å². The van der Waals surface area contributed by atoms with Gasteiger partial charge >= 0.3 is 0 Å². The highest BCUT2D eigenvalue weighted by molar-refractivity contribution is 6.10. The lowest BCUT2D eigenvalue weighted by Gasteiger charge is -2.34. The second-order valence-electron chi connectivity index (χ2n) is 20.1. The third-order valence-electron chi connectivity index (χ3n) is 15.9. The zero-order valence-electron chi connectivity index (χ0n) is 41.8. The topological polar surface area (TPSA) is 51.6 Å². The Bertz CT molecular complexity index is 4280. The molecule has 0 aliphatic heterocycles. The number of pyridine rings is 4. The Kier molecular flexibility index (Phi) is 10.4. The van der Waals surface area contributed by atoms with Crippen molar-refractivity contribution in [2.45, 2.75) is 5.41 Å². The quantitative estimate of drug-likeness (QED) is 0.142. The molecule has 1 aliphatic rings. The Morgan fingerprint density at radius 1 is 0.247 bits per heavy atom. The lowest BCUT2D eigenvalue weighted by Crippen LogP contribution is -2.28. The van der Waals surface area contributed by atoms with Crippen molar-refractivity contribution in [2.75, 3.05) is 0 Å². The van der Waals surface area contributed by atoms with E-state index in [1.165, 1.54) is 55.6 Å². The monoisotopic (exact) mass is 978 g/mol. The minimum absolute atomic E-state index is 0.715. The number of nitrogens with zero attached hydrogens (tertiary/aromatic N) is 4. The van der Waals surface area contributed by atoms with Crippen LogP contribution in [0.25, 0.3) is 122 Å². The summed E-state index contributed by atoms with van der Waals surface area (Å²) in [7, 11) is 0. The summed E-state index contributed by atoms with van der Waals surface area (Å²) in [6, 6.07) is 96.5. The molecular formula is C73H46N4. The normalized spacial score (nSPS) is 12.5. The van der Waals surface area contributed by atoms with Gasteiger partial charge in [0, 0.05) is 45.1 Å². The van der Waals surface area contributed by atoms with Crippen LogP contribution in [0.1, 0.15) is 22.3 Å². The summed E-state index contributed by atoms with van der Waals surface area (Å²) >= 11 is 0. The average Bonchev–Trinajstić information content (AvgIpc) is 3.96. The van der Waals surface area contributed by atoms with Crippen LogP contribution in [-0.2, 0) is 5.41 Å². The molecule has 4 heteroatoms. The zero-order chi connectivity index (χ0) is 50.9. The summed E-state index contributed by atoms with van der Waals surface area (Å²) < 4.78 is 0. The van der Waals surface area contributed by atoms with E-state index in [2.05, 4.69) is 267 Å². The molecule has 4 heterocycles. The van der Waals surface area contributed by atoms with E-state index in [1.807, 2.05) is 12.4 Å². The molecule has 0 saturated carbocycles. The molecule has 15 rings (SSSR count). The lowest BCUT2D eigenvalue weighted by molar-refractivity contribution is 0.769. The van der Waals surface area contributed by atoms with Gasteiger partial charge in [-0.2, -0.15) is 0 Å². The highest BCUT2D eigenvalue weighted by Crippen LogP contribution is 2.58. The van der Waals surface area contributed by atoms with E-state index in [4.69, 9.17) is 19.9 Å². The van der Waals surface area contributed by atoms with Gasteiger partial charge in [0.05, 0.1) is 38.9 Å². The van der Waals surface area contributed by atoms with Crippen molar-refractivity contribution in [3.05, 3.63) is 302 Å². The minimum Gasteiger partial charge on any atom is -0.254 e. The third-order valence-corrected chi connectivity index (χ3v) is 15.9. The van der Waals surface area contributed by atoms with E-state index in [9.17, 15) is 0 Å². The fourth-order valence-corrected chi connectivity index (χ4v) is 12.2. The van der Waals surface area contributed by atoms with E-state index < -0.39 is 5.41 Å². The van der Waals surface area contributed by atoms with Crippen LogP contribution in [0.15, 0.2) is 279 Å². The molecule has 0 N–H and O–H groups in total. The molecule has 14 aromatic rings. The molecule has 358 valence electrons. The fourth-order valence-electron chi connectivity index (χ4n) is 12.2. The van der Waals surface area contributed by atoms with Crippen molar-refractivity contribution >= 4 is 43.6 Å². The second-order valence-corrected chi connectivity index (χ2v) is 20.1. The van der Waals surface area contributed by atoms with E-state index in [0.717, 1.165) is 88.4 Å². The van der Waals surface area contributed by atoms with E-state index in [1.54, 1.807) is 0 Å². The predicted octanol–water partition coefficient (Wildman–Crippen LogP) is 18.2. The summed E-state index contributed by atoms with van der Waals surface area (Å²) in [5.41, 5.74) is 23.3. The standard InChI is InChI=1S/C73H46N4/c1-5-13-47(14-6-1)55-27-35-61-62-36-28-56(48-15-7-2-8-16-48)46-66(62)73(65(61)45-55,57-31-21-51(22-32-57)67-39-29-53-25-37-63-59(49-17-9-3-10-18-49)41-43-74-71(63)69(53)76-67)58-33-23-52(24-34-58)68-40-30-54-26-38-64-60(50-19-11-4-12-20-50)42-44-75-72(64)70(54)77-68/h1-46H. The van der Waals surface area contributed by atoms with Gasteiger partial charge in [-0.15, -0.1) is 0 Å². The number of fused-ring (bicyclic) bond motifs is 9. The zero-order valence-corrected chi connectivity index (χ0v) is 41.8. The Hall–Kier alpha value is -10.2. The van der Waals surface area contributed by atoms with E-state index in [0.29, 0.717) is 0 Å². The van der Waals surface area contributed by atoms with Crippen LogP contribution in [0.5, 0.6) is 0 Å². The highest BCUT2D eigenvalue weighted by Gasteiger charge is 2.46. The molecule has 0 amide bonds. The lowest BCUT2D eigenvalue weighted by atomic mass is 9.67. The second kappa shape index (κ2) is 18.0. The Balaban J connectivity index is 0.912. The van der Waals surface area contributed by atoms with Gasteiger partial charge in [0.15, 0.2) is 0 Å². The van der Waals surface area contributed by atoms with Gasteiger partial charge in [0.25, 0.3) is 0 Å². The number of hydrogen-bond donors (Lipinski definition) is 0. The highest BCUT2D eigenvalue weighted by atomic mass is 14.8. The van der Waals surface area contributed by atoms with Crippen molar-refractivity contribution in [3.63, 3.8) is 0 Å². The number of hydrogen-bond acceptors (Lipinski definition) is 4. The molecular weight excluding hydrogens is 933 g/mol. The largest absolute Gasteiger partial charge is 0.254 e. The summed E-state index contributed by atoms with van der Waals surface area (Å²) in [4.78, 5) is 20.7. The van der Waals surface area contributed by atoms with Gasteiger partial charge in [0.2, 0.25) is 0 Å². The Morgan fingerprint density at radius 3 is 1.01 bits per heavy atom. The molecule has 0 unspecified atom stereocenters. The van der Waals surface area contributed by atoms with Gasteiger partial charge in [-0.3, -0.25) is 9.97 Å². The Morgan fingerprint density at radius 2 is 0.610 bits per heavy atom. The van der Waals surface area contributed by atoms with Crippen molar-refractivity contribution < 1.29 is 0 Å². The first-order valence-corrected chi connectivity index (χ1v) is 26.3. The van der Waals surface area contributed by atoms with Gasteiger partial charge in [-0.05, 0) is 114 Å². The molecule has 0 bridgehead atoms. The summed E-state index contributed by atoms with van der Waals surface area (Å²) in [5.74, 6) is 0. The molecule has 4 aromatic heterocycles. The maximum atomic E-state index is 5.39. The van der Waals surface area contributed by atoms with Crippen LogP contribution < -0.4 is 0 Å². The predicted molar refractivity (Wildman–Crippen MR) is 318 cm³/mol. The van der Waals surface area contributed by atoms with Crippen LogP contribution in [0.3, 0.4) is 0 Å². The van der Waals surface area contributed by atoms with Crippen molar-refractivity contribution in [2.24, 2.45) is 0 Å². The first-order valence-electron chi connectivity index (χ1n) is 26.3. The average molecular weight is 979 g/mol. The van der Waals surface area contributed by atoms with E-state index >= 15 is 0 Å². The molecule has 1 aliphatic carbocycles. The van der Waals surface area contributed by atoms with Crippen LogP contribution in [-0.4, -0.2) is 19.9 Å². The summed E-state index contributed by atoms with van der Waals surface area (Å²) in [6.07, 6.45) is 3.81. The van der Waals surface area contributed by atoms with Gasteiger partial charge < -0.3 is 0 Å². The molecule has 0 radical (unpaired) electrons. The van der Waals surface area contributed by atoms with Gasteiger partial charge in [-0.25, -0.2) is 9.97 Å².